The van der Waals surface area contributed by atoms with Crippen molar-refractivity contribution >= 4 is 0 Å². The third kappa shape index (κ3) is 3.52. The smallest absolute Gasteiger partial charge is 0.125 e. The summed E-state index contributed by atoms with van der Waals surface area (Å²) in [4.78, 5) is 0. The van der Waals surface area contributed by atoms with E-state index < -0.39 is 5.60 Å². The van der Waals surface area contributed by atoms with E-state index in [4.69, 9.17) is 0 Å². The fraction of sp³-hybridized carbons (Fsp3) is 0.867. The molecule has 0 aliphatic heterocycles. The van der Waals surface area contributed by atoms with Gasteiger partial charge in [0.2, 0.25) is 0 Å². The van der Waals surface area contributed by atoms with Gasteiger partial charge in [-0.1, -0.05) is 43.9 Å². The first kappa shape index (κ1) is 12.0. The predicted octanol–water partition coefficient (Wildman–Crippen LogP) is 3.66. The van der Waals surface area contributed by atoms with Gasteiger partial charge >= 0.3 is 0 Å². The minimum atomic E-state index is -0.645. The molecule has 0 heterocycles. The lowest BCUT2D eigenvalue weighted by atomic mass is 9.88. The first-order valence-corrected chi connectivity index (χ1v) is 7.04. The van der Waals surface area contributed by atoms with Crippen molar-refractivity contribution in [1.82, 2.24) is 0 Å². The van der Waals surface area contributed by atoms with Crippen LogP contribution in [0.2, 0.25) is 0 Å². The second-order valence-corrected chi connectivity index (χ2v) is 5.55. The summed E-state index contributed by atoms with van der Waals surface area (Å²) in [6.45, 7) is 0. The summed E-state index contributed by atoms with van der Waals surface area (Å²) >= 11 is 0. The zero-order valence-corrected chi connectivity index (χ0v) is 10.3. The summed E-state index contributed by atoms with van der Waals surface area (Å²) in [5.41, 5.74) is -0.645. The van der Waals surface area contributed by atoms with Crippen molar-refractivity contribution < 1.29 is 5.11 Å². The average Bonchev–Trinajstić information content (AvgIpc) is 2.54. The lowest BCUT2D eigenvalue weighted by molar-refractivity contribution is 0.0846. The van der Waals surface area contributed by atoms with E-state index in [-0.39, 0.29) is 0 Å². The van der Waals surface area contributed by atoms with Crippen molar-refractivity contribution in [1.29, 1.82) is 0 Å². The van der Waals surface area contributed by atoms with E-state index in [1.807, 2.05) is 0 Å². The molecule has 0 radical (unpaired) electrons. The Morgan fingerprint density at radius 1 is 0.812 bits per heavy atom. The maximum atomic E-state index is 10.4. The van der Waals surface area contributed by atoms with Crippen molar-refractivity contribution in [2.24, 2.45) is 5.92 Å². The molecule has 2 aliphatic rings. The minimum Gasteiger partial charge on any atom is -0.378 e. The standard InChI is InChI=1S/C15H24O/c16-15(11-6-1-2-7-12-15)13-10-14-8-4-3-5-9-14/h14,16H,1-9,11-12H2. The summed E-state index contributed by atoms with van der Waals surface area (Å²) in [6, 6.07) is 0. The van der Waals surface area contributed by atoms with Crippen LogP contribution in [0, 0.1) is 17.8 Å². The molecule has 2 aliphatic carbocycles. The molecule has 16 heavy (non-hydrogen) atoms. The van der Waals surface area contributed by atoms with Gasteiger partial charge < -0.3 is 5.11 Å². The quantitative estimate of drug-likeness (QED) is 0.488. The van der Waals surface area contributed by atoms with E-state index in [1.54, 1.807) is 0 Å². The fourth-order valence-corrected chi connectivity index (χ4v) is 2.92. The SMILES string of the molecule is OC1(C#CC2CCCCC2)CCCCCC1. The molecule has 2 fully saturated rings. The van der Waals surface area contributed by atoms with Crippen molar-refractivity contribution in [3.8, 4) is 11.8 Å². The van der Waals surface area contributed by atoms with Crippen LogP contribution in [-0.4, -0.2) is 10.7 Å². The molecule has 0 aromatic heterocycles. The Kier molecular flexibility index (Phi) is 4.29. The molecule has 0 spiro atoms. The van der Waals surface area contributed by atoms with Crippen LogP contribution in [0.25, 0.3) is 0 Å². The van der Waals surface area contributed by atoms with Crippen LogP contribution in [-0.2, 0) is 0 Å². The molecule has 0 saturated heterocycles. The van der Waals surface area contributed by atoms with Gasteiger partial charge in [-0.2, -0.15) is 0 Å². The van der Waals surface area contributed by atoms with Gasteiger partial charge in [0, 0.05) is 5.92 Å². The zero-order valence-electron chi connectivity index (χ0n) is 10.3. The van der Waals surface area contributed by atoms with Gasteiger partial charge in [0.25, 0.3) is 0 Å². The molecule has 0 aromatic rings. The summed E-state index contributed by atoms with van der Waals surface area (Å²) < 4.78 is 0. The Hall–Kier alpha value is -0.480. The van der Waals surface area contributed by atoms with Crippen LogP contribution in [0.3, 0.4) is 0 Å². The molecule has 0 unspecified atom stereocenters. The van der Waals surface area contributed by atoms with Crippen LogP contribution >= 0.6 is 0 Å². The molecule has 2 rings (SSSR count). The van der Waals surface area contributed by atoms with Crippen molar-refractivity contribution in [2.75, 3.05) is 0 Å². The average molecular weight is 220 g/mol. The van der Waals surface area contributed by atoms with Crippen molar-refractivity contribution in [2.45, 2.75) is 76.2 Å². The van der Waals surface area contributed by atoms with Crippen LogP contribution in [0.1, 0.15) is 70.6 Å². The normalized spacial score (nSPS) is 26.6. The van der Waals surface area contributed by atoms with Gasteiger partial charge in [0.05, 0.1) is 0 Å². The predicted molar refractivity (Wildman–Crippen MR) is 67.0 cm³/mol. The first-order valence-electron chi connectivity index (χ1n) is 7.04. The summed E-state index contributed by atoms with van der Waals surface area (Å²) in [5.74, 6) is 7.14. The Balaban J connectivity index is 1.92. The topological polar surface area (TPSA) is 20.2 Å². The van der Waals surface area contributed by atoms with Gasteiger partial charge in [-0.3, -0.25) is 0 Å². The highest BCUT2D eigenvalue weighted by Crippen LogP contribution is 2.27. The number of hydrogen-bond donors (Lipinski definition) is 1. The lowest BCUT2D eigenvalue weighted by Crippen LogP contribution is -2.25. The second-order valence-electron chi connectivity index (χ2n) is 5.55. The third-order valence-corrected chi connectivity index (χ3v) is 4.04. The van der Waals surface area contributed by atoms with Crippen LogP contribution in [0.15, 0.2) is 0 Å². The minimum absolute atomic E-state index is 0.570. The van der Waals surface area contributed by atoms with Gasteiger partial charge in [-0.05, 0) is 38.5 Å². The van der Waals surface area contributed by atoms with Gasteiger partial charge in [0.1, 0.15) is 5.60 Å². The molecule has 0 atom stereocenters. The molecule has 0 aromatic carbocycles. The number of hydrogen-bond acceptors (Lipinski definition) is 1. The monoisotopic (exact) mass is 220 g/mol. The Morgan fingerprint density at radius 2 is 1.38 bits per heavy atom. The highest BCUT2D eigenvalue weighted by Gasteiger charge is 2.25. The Morgan fingerprint density at radius 3 is 2.00 bits per heavy atom. The van der Waals surface area contributed by atoms with E-state index >= 15 is 0 Å². The zero-order chi connectivity index (χ0) is 11.3. The molecular weight excluding hydrogens is 196 g/mol. The van der Waals surface area contributed by atoms with Crippen LogP contribution in [0.5, 0.6) is 0 Å². The molecule has 1 N–H and O–H groups in total. The summed E-state index contributed by atoms with van der Waals surface area (Å²) in [7, 11) is 0. The van der Waals surface area contributed by atoms with Gasteiger partial charge in [-0.25, -0.2) is 0 Å². The molecule has 2 saturated carbocycles. The van der Waals surface area contributed by atoms with E-state index in [0.29, 0.717) is 5.92 Å². The maximum absolute atomic E-state index is 10.4. The van der Waals surface area contributed by atoms with E-state index in [9.17, 15) is 5.11 Å². The molecule has 90 valence electrons. The van der Waals surface area contributed by atoms with Gasteiger partial charge in [-0.15, -0.1) is 0 Å². The van der Waals surface area contributed by atoms with Crippen LogP contribution < -0.4 is 0 Å². The van der Waals surface area contributed by atoms with Crippen molar-refractivity contribution in [3.05, 3.63) is 0 Å². The third-order valence-electron chi connectivity index (χ3n) is 4.04. The fourth-order valence-electron chi connectivity index (χ4n) is 2.92. The second kappa shape index (κ2) is 5.73. The largest absolute Gasteiger partial charge is 0.378 e. The molecule has 0 amide bonds. The molecule has 0 bridgehead atoms. The highest BCUT2D eigenvalue weighted by molar-refractivity contribution is 5.16. The molecular formula is C15H24O. The summed E-state index contributed by atoms with van der Waals surface area (Å²) in [6.07, 6.45) is 13.2. The molecule has 1 nitrogen and oxygen atoms in total. The highest BCUT2D eigenvalue weighted by atomic mass is 16.3. The Labute approximate surface area is 99.6 Å². The van der Waals surface area contributed by atoms with Gasteiger partial charge in [0.15, 0.2) is 0 Å². The van der Waals surface area contributed by atoms with E-state index in [2.05, 4.69) is 11.8 Å². The van der Waals surface area contributed by atoms with E-state index in [1.165, 1.54) is 44.9 Å². The van der Waals surface area contributed by atoms with E-state index in [0.717, 1.165) is 25.7 Å². The van der Waals surface area contributed by atoms with Crippen LogP contribution in [0.4, 0.5) is 0 Å². The molecule has 1 heteroatoms. The first-order chi connectivity index (χ1) is 7.79. The maximum Gasteiger partial charge on any atom is 0.125 e. The number of rotatable bonds is 0. The Bertz CT molecular complexity index is 257. The lowest BCUT2D eigenvalue weighted by Gasteiger charge is -2.21. The summed E-state index contributed by atoms with van der Waals surface area (Å²) in [5, 5.41) is 10.4. The number of aliphatic hydroxyl groups is 1. The van der Waals surface area contributed by atoms with Crippen molar-refractivity contribution in [3.63, 3.8) is 0 Å².